The molecule has 1 aromatic heterocycles. The van der Waals surface area contributed by atoms with Crippen molar-refractivity contribution in [2.75, 3.05) is 11.9 Å². The molecule has 1 aliphatic carbocycles. The Morgan fingerprint density at radius 3 is 2.60 bits per heavy atom. The minimum atomic E-state index is -0.192. The Kier molecular flexibility index (Phi) is 6.35. The zero-order chi connectivity index (χ0) is 20.8. The van der Waals surface area contributed by atoms with Crippen LogP contribution >= 0.6 is 0 Å². The monoisotopic (exact) mass is 403 g/mol. The van der Waals surface area contributed by atoms with Crippen LogP contribution in [0.2, 0.25) is 0 Å². The van der Waals surface area contributed by atoms with E-state index in [4.69, 9.17) is 4.74 Å². The minimum absolute atomic E-state index is 0.00585. The van der Waals surface area contributed by atoms with Gasteiger partial charge in [0.2, 0.25) is 5.91 Å². The Morgan fingerprint density at radius 2 is 1.77 bits per heavy atom. The molecule has 154 valence electrons. The number of ether oxygens (including phenoxy) is 1. The second kappa shape index (κ2) is 9.50. The summed E-state index contributed by atoms with van der Waals surface area (Å²) in [5.41, 5.74) is 5.61. The number of fused-ring (bicyclic) bond motifs is 1. The summed E-state index contributed by atoms with van der Waals surface area (Å²) in [5, 5.41) is 9.83. The first-order chi connectivity index (χ1) is 14.7. The number of benzene rings is 2. The molecule has 6 nitrogen and oxygen atoms in total. The summed E-state index contributed by atoms with van der Waals surface area (Å²) >= 11 is 0. The average Bonchev–Trinajstić information content (AvgIpc) is 2.77. The molecule has 0 saturated carbocycles. The van der Waals surface area contributed by atoms with Gasteiger partial charge in [0.05, 0.1) is 12.3 Å². The fraction of sp³-hybridized carbons (Fsp3) is 0.292. The fourth-order valence-electron chi connectivity index (χ4n) is 3.86. The molecular weight excluding hydrogens is 378 g/mol. The summed E-state index contributed by atoms with van der Waals surface area (Å²) < 4.78 is 5.50. The molecular formula is C24H25N3O3. The third-order valence-corrected chi connectivity index (χ3v) is 5.31. The zero-order valence-corrected chi connectivity index (χ0v) is 16.8. The molecule has 1 aliphatic rings. The molecule has 2 aromatic carbocycles. The molecule has 0 fully saturated rings. The quantitative estimate of drug-likeness (QED) is 0.633. The first-order valence-corrected chi connectivity index (χ1v) is 10.3. The van der Waals surface area contributed by atoms with Crippen LogP contribution in [-0.2, 0) is 35.4 Å². The Bertz CT molecular complexity index is 1080. The van der Waals surface area contributed by atoms with Crippen LogP contribution in [0, 0.1) is 0 Å². The van der Waals surface area contributed by atoms with Gasteiger partial charge in [-0.25, -0.2) is 5.10 Å². The Morgan fingerprint density at radius 1 is 1.00 bits per heavy atom. The minimum Gasteiger partial charge on any atom is -0.367 e. The van der Waals surface area contributed by atoms with Gasteiger partial charge in [0.25, 0.3) is 5.56 Å². The maximum atomic E-state index is 12.2. The summed E-state index contributed by atoms with van der Waals surface area (Å²) in [6.45, 7) is 0.394. The number of anilines is 1. The lowest BCUT2D eigenvalue weighted by Gasteiger charge is -2.17. The lowest BCUT2D eigenvalue weighted by Crippen LogP contribution is -2.23. The zero-order valence-electron chi connectivity index (χ0n) is 16.8. The van der Waals surface area contributed by atoms with Crippen molar-refractivity contribution in [3.8, 4) is 0 Å². The topological polar surface area (TPSA) is 84.1 Å². The van der Waals surface area contributed by atoms with Crippen molar-refractivity contribution in [3.63, 3.8) is 0 Å². The van der Waals surface area contributed by atoms with Crippen molar-refractivity contribution < 1.29 is 9.53 Å². The van der Waals surface area contributed by atoms with Gasteiger partial charge in [0, 0.05) is 17.7 Å². The number of amides is 1. The van der Waals surface area contributed by atoms with E-state index < -0.39 is 0 Å². The van der Waals surface area contributed by atoms with E-state index in [0.717, 1.165) is 59.3 Å². The van der Waals surface area contributed by atoms with Crippen LogP contribution in [0.4, 0.5) is 5.69 Å². The van der Waals surface area contributed by atoms with Crippen molar-refractivity contribution in [3.05, 3.63) is 92.9 Å². The molecule has 1 heterocycles. The predicted molar refractivity (Wildman–Crippen MR) is 115 cm³/mol. The van der Waals surface area contributed by atoms with Crippen molar-refractivity contribution in [1.29, 1.82) is 0 Å². The summed E-state index contributed by atoms with van der Waals surface area (Å²) in [6.07, 6.45) is 4.47. The number of aromatic amines is 1. The number of carbonyl (C=O) groups is 1. The Hall–Kier alpha value is -3.25. The Labute approximate surface area is 175 Å². The van der Waals surface area contributed by atoms with Crippen LogP contribution in [0.15, 0.2) is 59.4 Å². The highest BCUT2D eigenvalue weighted by molar-refractivity contribution is 5.91. The number of aromatic nitrogens is 2. The van der Waals surface area contributed by atoms with E-state index in [-0.39, 0.29) is 18.1 Å². The van der Waals surface area contributed by atoms with E-state index in [1.54, 1.807) is 0 Å². The molecule has 2 N–H and O–H groups in total. The molecule has 6 heteroatoms. The highest BCUT2D eigenvalue weighted by Crippen LogP contribution is 2.22. The van der Waals surface area contributed by atoms with Crippen LogP contribution in [-0.4, -0.2) is 22.7 Å². The number of H-pyrrole nitrogens is 1. The highest BCUT2D eigenvalue weighted by Gasteiger charge is 2.18. The van der Waals surface area contributed by atoms with E-state index >= 15 is 0 Å². The van der Waals surface area contributed by atoms with Gasteiger partial charge in [-0.05, 0) is 54.5 Å². The number of carbonyl (C=O) groups excluding carboxylic acids is 1. The number of nitrogens with zero attached hydrogens (tertiary/aromatic N) is 1. The van der Waals surface area contributed by atoms with Gasteiger partial charge in [-0.3, -0.25) is 9.59 Å². The molecule has 4 rings (SSSR count). The third kappa shape index (κ3) is 5.02. The van der Waals surface area contributed by atoms with Crippen molar-refractivity contribution in [2.24, 2.45) is 0 Å². The number of rotatable bonds is 7. The first kappa shape index (κ1) is 20.0. The van der Waals surface area contributed by atoms with E-state index in [1.807, 2.05) is 54.6 Å². The molecule has 0 unspecified atom stereocenters. The molecule has 3 aromatic rings. The van der Waals surface area contributed by atoms with E-state index in [9.17, 15) is 9.59 Å². The summed E-state index contributed by atoms with van der Waals surface area (Å²) in [6, 6.07) is 17.5. The second-order valence-corrected chi connectivity index (χ2v) is 7.57. The highest BCUT2D eigenvalue weighted by atomic mass is 16.5. The lowest BCUT2D eigenvalue weighted by atomic mass is 9.90. The molecule has 1 amide bonds. The average molecular weight is 403 g/mol. The summed E-state index contributed by atoms with van der Waals surface area (Å²) in [7, 11) is 0. The lowest BCUT2D eigenvalue weighted by molar-refractivity contribution is -0.121. The van der Waals surface area contributed by atoms with Crippen molar-refractivity contribution in [1.82, 2.24) is 10.2 Å². The number of hydrogen-bond acceptors (Lipinski definition) is 4. The van der Waals surface area contributed by atoms with Crippen LogP contribution in [0.1, 0.15) is 40.8 Å². The molecule has 0 saturated heterocycles. The van der Waals surface area contributed by atoms with Crippen LogP contribution in [0.5, 0.6) is 0 Å². The molecule has 0 atom stereocenters. The summed E-state index contributed by atoms with van der Waals surface area (Å²) in [4.78, 5) is 24.3. The van der Waals surface area contributed by atoms with Gasteiger partial charge in [-0.15, -0.1) is 0 Å². The normalized spacial score (nSPS) is 12.9. The smallest absolute Gasteiger partial charge is 0.267 e. The number of hydrogen-bond donors (Lipinski definition) is 2. The fourth-order valence-corrected chi connectivity index (χ4v) is 3.86. The maximum absolute atomic E-state index is 12.2. The third-order valence-electron chi connectivity index (χ3n) is 5.31. The molecule has 0 spiro atoms. The van der Waals surface area contributed by atoms with Crippen LogP contribution < -0.4 is 10.9 Å². The van der Waals surface area contributed by atoms with Gasteiger partial charge in [0.1, 0.15) is 6.61 Å². The standard InChI is InChI=1S/C24H25N3O3/c28-23(16-30-15-17-7-2-1-3-8-17)25-19-10-6-9-18(13-19)14-22-20-11-4-5-12-21(20)24(29)27-26-22/h1-3,6-10,13H,4-5,11-12,14-16H2,(H,25,28)(H,27,29). The van der Waals surface area contributed by atoms with E-state index in [2.05, 4.69) is 15.5 Å². The molecule has 0 aliphatic heterocycles. The van der Waals surface area contributed by atoms with E-state index in [0.29, 0.717) is 13.0 Å². The van der Waals surface area contributed by atoms with Gasteiger partial charge in [-0.2, -0.15) is 5.10 Å². The van der Waals surface area contributed by atoms with Gasteiger partial charge in [-0.1, -0.05) is 42.5 Å². The SMILES string of the molecule is O=C(COCc1ccccc1)Nc1cccc(Cc2n[nH]c(=O)c3c2CCCC3)c1. The molecule has 30 heavy (non-hydrogen) atoms. The van der Waals surface area contributed by atoms with Gasteiger partial charge >= 0.3 is 0 Å². The predicted octanol–water partition coefficient (Wildman–Crippen LogP) is 3.39. The number of nitrogens with one attached hydrogen (secondary N) is 2. The second-order valence-electron chi connectivity index (χ2n) is 7.57. The van der Waals surface area contributed by atoms with Gasteiger partial charge < -0.3 is 10.1 Å². The van der Waals surface area contributed by atoms with Crippen molar-refractivity contribution in [2.45, 2.75) is 38.7 Å². The van der Waals surface area contributed by atoms with Crippen LogP contribution in [0.3, 0.4) is 0 Å². The molecule has 0 bridgehead atoms. The van der Waals surface area contributed by atoms with Gasteiger partial charge in [0.15, 0.2) is 0 Å². The summed E-state index contributed by atoms with van der Waals surface area (Å²) in [5.74, 6) is -0.192. The Balaban J connectivity index is 1.37. The largest absolute Gasteiger partial charge is 0.367 e. The molecule has 0 radical (unpaired) electrons. The van der Waals surface area contributed by atoms with Crippen LogP contribution in [0.25, 0.3) is 0 Å². The maximum Gasteiger partial charge on any atom is 0.267 e. The first-order valence-electron chi connectivity index (χ1n) is 10.3. The van der Waals surface area contributed by atoms with E-state index in [1.165, 1.54) is 0 Å². The van der Waals surface area contributed by atoms with Crippen molar-refractivity contribution >= 4 is 11.6 Å².